The lowest BCUT2D eigenvalue weighted by molar-refractivity contribution is -0.334. The van der Waals surface area contributed by atoms with E-state index in [1.54, 1.807) is 37.3 Å². The lowest BCUT2D eigenvalue weighted by atomic mass is 9.72. The molecule has 11 nitrogen and oxygen atoms in total. The molecular formula is C41H53NO10. The largest absolute Gasteiger partial charge is 0.459 e. The van der Waals surface area contributed by atoms with Gasteiger partial charge in [0.05, 0.1) is 30.5 Å². The highest BCUT2D eigenvalue weighted by Gasteiger charge is 2.58. The number of nitrogens with zero attached hydrogens (tertiary/aromatic N) is 1. The van der Waals surface area contributed by atoms with Crippen molar-refractivity contribution in [2.45, 2.75) is 121 Å². The Morgan fingerprint density at radius 1 is 1.10 bits per heavy atom. The smallest absolute Gasteiger partial charge is 0.361 e. The van der Waals surface area contributed by atoms with Gasteiger partial charge in [0.1, 0.15) is 31.0 Å². The predicted molar refractivity (Wildman–Crippen MR) is 193 cm³/mol. The van der Waals surface area contributed by atoms with Crippen LogP contribution in [-0.2, 0) is 38.1 Å². The number of hydrogen-bond acceptors (Lipinski definition) is 11. The van der Waals surface area contributed by atoms with Crippen molar-refractivity contribution in [2.75, 3.05) is 13.7 Å². The molecule has 3 saturated heterocycles. The zero-order valence-electron chi connectivity index (χ0n) is 31.0. The molecule has 52 heavy (non-hydrogen) atoms. The third-order valence-electron chi connectivity index (χ3n) is 11.3. The number of aliphatic hydroxyl groups is 2. The lowest BCUT2D eigenvalue weighted by Crippen LogP contribution is -2.56. The molecule has 0 aromatic heterocycles. The number of carbonyl (C=O) groups is 2. The van der Waals surface area contributed by atoms with E-state index < -0.39 is 53.7 Å². The van der Waals surface area contributed by atoms with Gasteiger partial charge >= 0.3 is 11.9 Å². The van der Waals surface area contributed by atoms with E-state index in [-0.39, 0.29) is 36.0 Å². The highest BCUT2D eigenvalue weighted by molar-refractivity contribution is 6.43. The summed E-state index contributed by atoms with van der Waals surface area (Å²) < 4.78 is 31.9. The number of fused-ring (bicyclic) bond motifs is 2. The number of carbonyl (C=O) groups excluding carboxylic acids is 2. The SMILES string of the molecule is CC[C@H]1OC2(CC[C@@H]1C)C[C@@H]1C[C@@H](C/C=C(\C)[C@H](OC(=O)/C(=N/OC)c3ccccc3)[C@@H](C)/C=C/C=C3\COC4[C@H](O)C(C)C=C(C(=O)O1)[C@]34O)O2. The number of oxime groups is 1. The summed E-state index contributed by atoms with van der Waals surface area (Å²) in [7, 11) is 1.38. The zero-order valence-corrected chi connectivity index (χ0v) is 31.0. The molecule has 5 aliphatic rings. The van der Waals surface area contributed by atoms with E-state index in [1.807, 2.05) is 44.2 Å². The molecule has 0 radical (unpaired) electrons. The van der Waals surface area contributed by atoms with Crippen LogP contribution in [0.3, 0.4) is 0 Å². The standard InChI is InChI=1S/C41H53NO10/c1-7-33-24(2)18-19-40(52-33)22-31-21-30(51-40)17-16-26(4)36(50-39(45)34(42-47-6)28-13-9-8-10-14-28)25(3)12-11-15-29-23-48-37-35(43)27(5)20-32(38(44)49-31)41(29,37)46/h8-16,20,24-25,27,30-31,33,35-37,43,46H,7,17-19,21-23H2,1-6H3/b12-11+,26-16+,29-15+,42-34+/t24-,25-,27?,30+,31-,33+,35+,36+,37?,40?,41+/m0/s1. The first-order valence-electron chi connectivity index (χ1n) is 18.6. The van der Waals surface area contributed by atoms with E-state index >= 15 is 0 Å². The van der Waals surface area contributed by atoms with Crippen LogP contribution in [0.4, 0.5) is 0 Å². The van der Waals surface area contributed by atoms with Gasteiger partial charge in [-0.1, -0.05) is 93.6 Å². The molecule has 1 aliphatic carbocycles. The lowest BCUT2D eigenvalue weighted by Gasteiger charge is -2.49. The summed E-state index contributed by atoms with van der Waals surface area (Å²) in [5.74, 6) is -2.66. The summed E-state index contributed by atoms with van der Waals surface area (Å²) in [6, 6.07) is 8.99. The van der Waals surface area contributed by atoms with Crippen molar-refractivity contribution in [1.29, 1.82) is 0 Å². The van der Waals surface area contributed by atoms with Gasteiger partial charge in [0.15, 0.2) is 11.5 Å². The Balaban J connectivity index is 1.40. The molecular weight excluding hydrogens is 666 g/mol. The van der Waals surface area contributed by atoms with Gasteiger partial charge in [0.25, 0.3) is 0 Å². The fourth-order valence-electron chi connectivity index (χ4n) is 8.37. The second-order valence-corrected chi connectivity index (χ2v) is 15.1. The van der Waals surface area contributed by atoms with Gasteiger partial charge in [0.2, 0.25) is 0 Å². The maximum Gasteiger partial charge on any atom is 0.361 e. The Kier molecular flexibility index (Phi) is 11.6. The molecule has 11 heteroatoms. The molecule has 1 aromatic rings. The van der Waals surface area contributed by atoms with Gasteiger partial charge < -0.3 is 38.7 Å². The van der Waals surface area contributed by atoms with Gasteiger partial charge in [-0.05, 0) is 43.3 Å². The summed E-state index contributed by atoms with van der Waals surface area (Å²) in [6.45, 7) is 9.93. The first kappa shape index (κ1) is 38.1. The first-order chi connectivity index (χ1) is 24.9. The van der Waals surface area contributed by atoms with Crippen LogP contribution in [0.1, 0.15) is 78.7 Å². The molecule has 4 aliphatic heterocycles. The Morgan fingerprint density at radius 3 is 2.60 bits per heavy atom. The Morgan fingerprint density at radius 2 is 1.87 bits per heavy atom. The topological polar surface area (TPSA) is 142 Å². The Labute approximate surface area is 306 Å². The van der Waals surface area contributed by atoms with Crippen molar-refractivity contribution in [3.8, 4) is 0 Å². The minimum atomic E-state index is -1.90. The molecule has 2 N–H and O–H groups in total. The monoisotopic (exact) mass is 719 g/mol. The van der Waals surface area contributed by atoms with Crippen molar-refractivity contribution in [3.63, 3.8) is 0 Å². The van der Waals surface area contributed by atoms with Crippen LogP contribution in [0, 0.1) is 17.8 Å². The third-order valence-corrected chi connectivity index (χ3v) is 11.3. The Hall–Kier alpha value is -3.61. The molecule has 4 heterocycles. The van der Waals surface area contributed by atoms with Gasteiger partial charge in [-0.2, -0.15) is 0 Å². The van der Waals surface area contributed by atoms with E-state index in [0.29, 0.717) is 42.7 Å². The first-order valence-corrected chi connectivity index (χ1v) is 18.6. The number of hydrogen-bond donors (Lipinski definition) is 2. The van der Waals surface area contributed by atoms with Crippen LogP contribution in [0.2, 0.25) is 0 Å². The fourth-order valence-corrected chi connectivity index (χ4v) is 8.37. The second kappa shape index (κ2) is 15.8. The molecule has 0 amide bonds. The number of rotatable bonds is 5. The number of benzene rings is 1. The van der Waals surface area contributed by atoms with Crippen LogP contribution in [0.25, 0.3) is 0 Å². The van der Waals surface area contributed by atoms with Crippen molar-refractivity contribution in [3.05, 3.63) is 83.0 Å². The number of aliphatic hydroxyl groups excluding tert-OH is 1. The molecule has 0 saturated carbocycles. The third kappa shape index (κ3) is 7.57. The van der Waals surface area contributed by atoms with E-state index in [0.717, 1.165) is 18.4 Å². The maximum atomic E-state index is 14.1. The molecule has 3 unspecified atom stereocenters. The van der Waals surface area contributed by atoms with Crippen LogP contribution in [0.5, 0.6) is 0 Å². The van der Waals surface area contributed by atoms with Crippen LogP contribution in [-0.4, -0.2) is 89.6 Å². The average molecular weight is 720 g/mol. The molecule has 282 valence electrons. The zero-order chi connectivity index (χ0) is 37.2. The van der Waals surface area contributed by atoms with Gasteiger partial charge in [-0.3, -0.25) is 0 Å². The highest BCUT2D eigenvalue weighted by Crippen LogP contribution is 2.47. The van der Waals surface area contributed by atoms with E-state index in [4.69, 9.17) is 28.5 Å². The second-order valence-electron chi connectivity index (χ2n) is 15.1. The minimum Gasteiger partial charge on any atom is -0.459 e. The average Bonchev–Trinajstić information content (AvgIpc) is 3.47. The van der Waals surface area contributed by atoms with Crippen molar-refractivity contribution < 1.29 is 48.3 Å². The van der Waals surface area contributed by atoms with E-state index in [9.17, 15) is 19.8 Å². The number of ether oxygens (including phenoxy) is 5. The van der Waals surface area contributed by atoms with E-state index in [2.05, 4.69) is 19.0 Å². The highest BCUT2D eigenvalue weighted by atomic mass is 16.7. The minimum absolute atomic E-state index is 0.00353. The quantitative estimate of drug-likeness (QED) is 0.174. The summed E-state index contributed by atoms with van der Waals surface area (Å²) >= 11 is 0. The van der Waals surface area contributed by atoms with Crippen LogP contribution >= 0.6 is 0 Å². The summed E-state index contributed by atoms with van der Waals surface area (Å²) in [5, 5.41) is 27.4. The van der Waals surface area contributed by atoms with E-state index in [1.165, 1.54) is 7.11 Å². The number of allylic oxidation sites excluding steroid dienone is 2. The van der Waals surface area contributed by atoms with Crippen molar-refractivity contribution in [2.24, 2.45) is 22.9 Å². The molecule has 1 aromatic carbocycles. The predicted octanol–water partition coefficient (Wildman–Crippen LogP) is 5.50. The number of esters is 2. The van der Waals surface area contributed by atoms with Gasteiger partial charge in [-0.15, -0.1) is 0 Å². The fraction of sp³-hybridized carbons (Fsp3) is 0.585. The molecule has 2 bridgehead atoms. The van der Waals surface area contributed by atoms with Crippen molar-refractivity contribution in [1.82, 2.24) is 0 Å². The summed E-state index contributed by atoms with van der Waals surface area (Å²) in [6.07, 6.45) is 8.81. The van der Waals surface area contributed by atoms with Crippen LogP contribution in [0.15, 0.2) is 82.6 Å². The van der Waals surface area contributed by atoms with Crippen molar-refractivity contribution >= 4 is 17.7 Å². The molecule has 1 spiro atoms. The van der Waals surface area contributed by atoms with Gasteiger partial charge in [0, 0.05) is 36.7 Å². The van der Waals surface area contributed by atoms with Gasteiger partial charge in [-0.25, -0.2) is 9.59 Å². The summed E-state index contributed by atoms with van der Waals surface area (Å²) in [4.78, 5) is 32.9. The maximum absolute atomic E-state index is 14.1. The summed E-state index contributed by atoms with van der Waals surface area (Å²) in [5.41, 5.74) is -0.0285. The molecule has 3 fully saturated rings. The Bertz CT molecular complexity index is 1630. The van der Waals surface area contributed by atoms with Crippen LogP contribution < -0.4 is 0 Å². The molecule has 6 rings (SSSR count). The molecule has 11 atom stereocenters. The normalized spacial score (nSPS) is 41.0.